The summed E-state index contributed by atoms with van der Waals surface area (Å²) >= 11 is 3.52. The highest BCUT2D eigenvalue weighted by Crippen LogP contribution is 2.36. The van der Waals surface area contributed by atoms with Gasteiger partial charge in [-0.3, -0.25) is 4.79 Å². The molecule has 1 atom stereocenters. The molecule has 0 saturated carbocycles. The second kappa shape index (κ2) is 7.67. The molecule has 1 fully saturated rings. The number of hydrogen-bond acceptors (Lipinski definition) is 4. The maximum Gasteiger partial charge on any atom is 0.223 e. The number of rotatable bonds is 5. The van der Waals surface area contributed by atoms with Crippen LogP contribution in [0.2, 0.25) is 0 Å². The standard InChI is InChI=1S/C20H22N2OS2/c23-19(12-5-7-15-8-6-14-24-15)22-13-4-3-10-17(22)20-21-16-9-1-2-11-18(16)25-20/h1-2,6,8-9,11,14,17H,3-5,7,10,12-13H2. The Morgan fingerprint density at radius 1 is 1.20 bits per heavy atom. The first-order chi connectivity index (χ1) is 12.3. The minimum absolute atomic E-state index is 0.167. The van der Waals surface area contributed by atoms with E-state index in [9.17, 15) is 4.79 Å². The third-order valence-electron chi connectivity index (χ3n) is 4.81. The zero-order valence-corrected chi connectivity index (χ0v) is 15.8. The second-order valence-electron chi connectivity index (χ2n) is 6.55. The van der Waals surface area contributed by atoms with E-state index in [1.54, 1.807) is 22.7 Å². The Morgan fingerprint density at radius 3 is 2.96 bits per heavy atom. The van der Waals surface area contributed by atoms with E-state index in [2.05, 4.69) is 40.6 Å². The Kier molecular flexibility index (Phi) is 5.13. The summed E-state index contributed by atoms with van der Waals surface area (Å²) in [6, 6.07) is 12.7. The maximum absolute atomic E-state index is 12.8. The summed E-state index contributed by atoms with van der Waals surface area (Å²) in [4.78, 5) is 21.1. The van der Waals surface area contributed by atoms with Gasteiger partial charge in [-0.1, -0.05) is 18.2 Å². The third kappa shape index (κ3) is 3.77. The quantitative estimate of drug-likeness (QED) is 0.599. The molecule has 25 heavy (non-hydrogen) atoms. The van der Waals surface area contributed by atoms with Gasteiger partial charge in [-0.15, -0.1) is 22.7 Å². The fraction of sp³-hybridized carbons (Fsp3) is 0.400. The highest BCUT2D eigenvalue weighted by molar-refractivity contribution is 7.18. The summed E-state index contributed by atoms with van der Waals surface area (Å²) in [7, 11) is 0. The Hall–Kier alpha value is -1.72. The van der Waals surface area contributed by atoms with Crippen LogP contribution < -0.4 is 0 Å². The first-order valence-electron chi connectivity index (χ1n) is 8.98. The molecule has 1 aliphatic rings. The van der Waals surface area contributed by atoms with Crippen LogP contribution >= 0.6 is 22.7 Å². The minimum Gasteiger partial charge on any atom is -0.333 e. The molecule has 1 unspecified atom stereocenters. The lowest BCUT2D eigenvalue weighted by Gasteiger charge is -2.34. The molecule has 2 aromatic heterocycles. The molecule has 0 N–H and O–H groups in total. The van der Waals surface area contributed by atoms with Crippen LogP contribution in [0.1, 0.15) is 48.0 Å². The van der Waals surface area contributed by atoms with Crippen molar-refractivity contribution >= 4 is 38.8 Å². The molecule has 0 aliphatic carbocycles. The van der Waals surface area contributed by atoms with E-state index in [0.29, 0.717) is 12.3 Å². The van der Waals surface area contributed by atoms with E-state index < -0.39 is 0 Å². The summed E-state index contributed by atoms with van der Waals surface area (Å²) in [6.45, 7) is 0.873. The summed E-state index contributed by atoms with van der Waals surface area (Å²) in [5, 5.41) is 3.21. The van der Waals surface area contributed by atoms with Gasteiger partial charge < -0.3 is 4.90 Å². The number of aromatic nitrogens is 1. The normalized spacial score (nSPS) is 17.9. The van der Waals surface area contributed by atoms with Crippen molar-refractivity contribution in [1.82, 2.24) is 9.88 Å². The summed E-state index contributed by atoms with van der Waals surface area (Å²) in [6.07, 6.45) is 5.90. The Labute approximate surface area is 156 Å². The van der Waals surface area contributed by atoms with Gasteiger partial charge >= 0.3 is 0 Å². The second-order valence-corrected chi connectivity index (χ2v) is 8.65. The van der Waals surface area contributed by atoms with Gasteiger partial charge in [0.15, 0.2) is 0 Å². The molecule has 4 rings (SSSR count). The lowest BCUT2D eigenvalue weighted by molar-refractivity contribution is -0.135. The van der Waals surface area contributed by atoms with Crippen molar-refractivity contribution in [3.8, 4) is 0 Å². The monoisotopic (exact) mass is 370 g/mol. The fourth-order valence-corrected chi connectivity index (χ4v) is 5.40. The van der Waals surface area contributed by atoms with Crippen LogP contribution in [0.3, 0.4) is 0 Å². The van der Waals surface area contributed by atoms with Gasteiger partial charge in [0.1, 0.15) is 5.01 Å². The number of fused-ring (bicyclic) bond motifs is 1. The van der Waals surface area contributed by atoms with Gasteiger partial charge in [0, 0.05) is 17.8 Å². The molecule has 0 bridgehead atoms. The lowest BCUT2D eigenvalue weighted by atomic mass is 10.0. The van der Waals surface area contributed by atoms with Crippen molar-refractivity contribution in [1.29, 1.82) is 0 Å². The molecule has 5 heteroatoms. The predicted octanol–water partition coefficient (Wildman–Crippen LogP) is 5.43. The first kappa shape index (κ1) is 16.7. The molecular weight excluding hydrogens is 348 g/mol. The summed E-state index contributed by atoms with van der Waals surface area (Å²) in [5.74, 6) is 0.292. The van der Waals surface area contributed by atoms with E-state index >= 15 is 0 Å². The average molecular weight is 371 g/mol. The molecule has 3 aromatic rings. The van der Waals surface area contributed by atoms with Crippen LogP contribution in [0.25, 0.3) is 10.2 Å². The number of benzene rings is 1. The molecule has 3 nitrogen and oxygen atoms in total. The maximum atomic E-state index is 12.8. The summed E-state index contributed by atoms with van der Waals surface area (Å²) in [5.41, 5.74) is 1.05. The molecule has 130 valence electrons. The number of carbonyl (C=O) groups is 1. The Morgan fingerprint density at radius 2 is 2.12 bits per heavy atom. The third-order valence-corrected chi connectivity index (χ3v) is 6.89. The molecule has 0 radical (unpaired) electrons. The molecular formula is C20H22N2OS2. The van der Waals surface area contributed by atoms with Crippen LogP contribution in [0, 0.1) is 0 Å². The van der Waals surface area contributed by atoms with Gasteiger partial charge in [-0.05, 0) is 55.7 Å². The van der Waals surface area contributed by atoms with Crippen LogP contribution in [0.4, 0.5) is 0 Å². The Balaban J connectivity index is 1.45. The molecule has 3 heterocycles. The van der Waals surface area contributed by atoms with E-state index in [1.165, 1.54) is 16.0 Å². The van der Waals surface area contributed by atoms with Crippen molar-refractivity contribution in [2.45, 2.75) is 44.6 Å². The van der Waals surface area contributed by atoms with Gasteiger partial charge in [0.05, 0.1) is 16.3 Å². The SMILES string of the molecule is O=C(CCCc1cccs1)N1CCCCC1c1nc2ccccc2s1. The van der Waals surface area contributed by atoms with Gasteiger partial charge in [0.2, 0.25) is 5.91 Å². The van der Waals surface area contributed by atoms with E-state index in [4.69, 9.17) is 4.98 Å². The topological polar surface area (TPSA) is 33.2 Å². The van der Waals surface area contributed by atoms with Gasteiger partial charge in [-0.2, -0.15) is 0 Å². The highest BCUT2D eigenvalue weighted by atomic mass is 32.1. The first-order valence-corrected chi connectivity index (χ1v) is 10.7. The number of likely N-dealkylation sites (tertiary alicyclic amines) is 1. The van der Waals surface area contributed by atoms with Crippen LogP contribution in [0.5, 0.6) is 0 Å². The van der Waals surface area contributed by atoms with Crippen LogP contribution in [-0.4, -0.2) is 22.3 Å². The molecule has 1 aliphatic heterocycles. The number of nitrogens with zero attached hydrogens (tertiary/aromatic N) is 2. The number of aryl methyl sites for hydroxylation is 1. The minimum atomic E-state index is 0.167. The molecule has 1 saturated heterocycles. The number of para-hydroxylation sites is 1. The summed E-state index contributed by atoms with van der Waals surface area (Å²) < 4.78 is 1.22. The fourth-order valence-electron chi connectivity index (χ4n) is 3.53. The zero-order chi connectivity index (χ0) is 17.1. The zero-order valence-electron chi connectivity index (χ0n) is 14.2. The van der Waals surface area contributed by atoms with E-state index in [0.717, 1.165) is 42.8 Å². The van der Waals surface area contributed by atoms with Crippen molar-refractivity contribution < 1.29 is 4.79 Å². The smallest absolute Gasteiger partial charge is 0.223 e. The van der Waals surface area contributed by atoms with E-state index in [-0.39, 0.29) is 6.04 Å². The van der Waals surface area contributed by atoms with Crippen molar-refractivity contribution in [2.75, 3.05) is 6.54 Å². The number of carbonyl (C=O) groups excluding carboxylic acids is 1. The van der Waals surface area contributed by atoms with Crippen LogP contribution in [0.15, 0.2) is 41.8 Å². The van der Waals surface area contributed by atoms with Crippen molar-refractivity contribution in [2.24, 2.45) is 0 Å². The number of amides is 1. The van der Waals surface area contributed by atoms with Gasteiger partial charge in [0.25, 0.3) is 0 Å². The predicted molar refractivity (Wildman–Crippen MR) is 105 cm³/mol. The molecule has 1 amide bonds. The highest BCUT2D eigenvalue weighted by Gasteiger charge is 2.29. The van der Waals surface area contributed by atoms with Crippen LogP contribution in [-0.2, 0) is 11.2 Å². The lowest BCUT2D eigenvalue weighted by Crippen LogP contribution is -2.38. The van der Waals surface area contributed by atoms with E-state index in [1.807, 2.05) is 6.07 Å². The Bertz CT molecular complexity index is 807. The van der Waals surface area contributed by atoms with Crippen molar-refractivity contribution in [3.05, 3.63) is 51.7 Å². The average Bonchev–Trinajstić information content (AvgIpc) is 3.31. The number of thiophene rings is 1. The largest absolute Gasteiger partial charge is 0.333 e. The van der Waals surface area contributed by atoms with Crippen molar-refractivity contribution in [3.63, 3.8) is 0 Å². The molecule has 0 spiro atoms. The number of hydrogen-bond donors (Lipinski definition) is 0. The number of piperidine rings is 1. The number of thiazole rings is 1. The van der Waals surface area contributed by atoms with Gasteiger partial charge in [-0.25, -0.2) is 4.98 Å². The molecule has 1 aromatic carbocycles.